The SMILES string of the molecule is CC(CC(F)(F)F)NC1CCC(N)C1. The Morgan fingerprint density at radius 1 is 1.43 bits per heavy atom. The van der Waals surface area contributed by atoms with Gasteiger partial charge in [0.05, 0.1) is 6.42 Å². The molecule has 0 saturated heterocycles. The van der Waals surface area contributed by atoms with Crippen LogP contribution in [0.4, 0.5) is 13.2 Å². The maximum atomic E-state index is 12.0. The Balaban J connectivity index is 2.24. The molecule has 1 fully saturated rings. The molecule has 0 spiro atoms. The van der Waals surface area contributed by atoms with Gasteiger partial charge >= 0.3 is 6.18 Å². The highest BCUT2D eigenvalue weighted by Gasteiger charge is 2.31. The van der Waals surface area contributed by atoms with Crippen LogP contribution in [0, 0.1) is 0 Å². The van der Waals surface area contributed by atoms with Crippen LogP contribution < -0.4 is 11.1 Å². The van der Waals surface area contributed by atoms with Gasteiger partial charge in [0.1, 0.15) is 0 Å². The molecule has 0 bridgehead atoms. The molecular formula is C9H17F3N2. The zero-order chi connectivity index (χ0) is 10.8. The van der Waals surface area contributed by atoms with Crippen molar-refractivity contribution in [1.29, 1.82) is 0 Å². The summed E-state index contributed by atoms with van der Waals surface area (Å²) < 4.78 is 36.0. The maximum absolute atomic E-state index is 12.0. The summed E-state index contributed by atoms with van der Waals surface area (Å²) >= 11 is 0. The number of nitrogens with one attached hydrogen (secondary N) is 1. The van der Waals surface area contributed by atoms with Crippen molar-refractivity contribution >= 4 is 0 Å². The molecule has 14 heavy (non-hydrogen) atoms. The summed E-state index contributed by atoms with van der Waals surface area (Å²) in [5.41, 5.74) is 5.67. The monoisotopic (exact) mass is 210 g/mol. The van der Waals surface area contributed by atoms with Gasteiger partial charge in [-0.25, -0.2) is 0 Å². The van der Waals surface area contributed by atoms with Gasteiger partial charge in [-0.05, 0) is 26.2 Å². The first-order chi connectivity index (χ1) is 6.37. The molecule has 5 heteroatoms. The van der Waals surface area contributed by atoms with E-state index in [9.17, 15) is 13.2 Å². The summed E-state index contributed by atoms with van der Waals surface area (Å²) in [4.78, 5) is 0. The Morgan fingerprint density at radius 3 is 2.50 bits per heavy atom. The number of nitrogens with two attached hydrogens (primary N) is 1. The summed E-state index contributed by atoms with van der Waals surface area (Å²) in [7, 11) is 0. The van der Waals surface area contributed by atoms with Gasteiger partial charge in [-0.2, -0.15) is 13.2 Å². The second-order valence-electron chi connectivity index (χ2n) is 4.16. The highest BCUT2D eigenvalue weighted by atomic mass is 19.4. The minimum atomic E-state index is -4.08. The van der Waals surface area contributed by atoms with E-state index in [0.717, 1.165) is 19.3 Å². The van der Waals surface area contributed by atoms with Crippen molar-refractivity contribution in [2.24, 2.45) is 5.73 Å². The normalized spacial score (nSPS) is 30.6. The van der Waals surface area contributed by atoms with E-state index in [1.807, 2.05) is 0 Å². The van der Waals surface area contributed by atoms with E-state index in [4.69, 9.17) is 5.73 Å². The van der Waals surface area contributed by atoms with Gasteiger partial charge in [-0.3, -0.25) is 0 Å². The Labute approximate surface area is 82.0 Å². The predicted molar refractivity (Wildman–Crippen MR) is 48.9 cm³/mol. The second-order valence-corrected chi connectivity index (χ2v) is 4.16. The molecule has 1 saturated carbocycles. The topological polar surface area (TPSA) is 38.0 Å². The van der Waals surface area contributed by atoms with Gasteiger partial charge in [0, 0.05) is 18.1 Å². The Hall–Kier alpha value is -0.290. The first kappa shape index (κ1) is 11.8. The third-order valence-corrected chi connectivity index (χ3v) is 2.53. The molecule has 0 radical (unpaired) electrons. The molecule has 0 aliphatic heterocycles. The van der Waals surface area contributed by atoms with Gasteiger partial charge < -0.3 is 11.1 Å². The first-order valence-corrected chi connectivity index (χ1v) is 4.95. The van der Waals surface area contributed by atoms with Crippen LogP contribution in [0.3, 0.4) is 0 Å². The predicted octanol–water partition coefficient (Wildman–Crippen LogP) is 1.80. The summed E-state index contributed by atoms with van der Waals surface area (Å²) in [5, 5.41) is 2.97. The molecule has 1 rings (SSSR count). The summed E-state index contributed by atoms with van der Waals surface area (Å²) in [6.45, 7) is 1.57. The lowest BCUT2D eigenvalue weighted by Crippen LogP contribution is -2.38. The van der Waals surface area contributed by atoms with Crippen LogP contribution in [-0.2, 0) is 0 Å². The van der Waals surface area contributed by atoms with Crippen molar-refractivity contribution in [2.75, 3.05) is 0 Å². The average molecular weight is 210 g/mol. The molecule has 0 aromatic rings. The van der Waals surface area contributed by atoms with Gasteiger partial charge in [-0.15, -0.1) is 0 Å². The van der Waals surface area contributed by atoms with Crippen LogP contribution in [0.25, 0.3) is 0 Å². The van der Waals surface area contributed by atoms with Gasteiger partial charge in [0.25, 0.3) is 0 Å². The Bertz CT molecular complexity index is 181. The molecular weight excluding hydrogens is 193 g/mol. The number of alkyl halides is 3. The van der Waals surface area contributed by atoms with Crippen LogP contribution in [0.15, 0.2) is 0 Å². The van der Waals surface area contributed by atoms with Crippen molar-refractivity contribution in [3.63, 3.8) is 0 Å². The molecule has 2 nitrogen and oxygen atoms in total. The average Bonchev–Trinajstić information content (AvgIpc) is 2.30. The highest BCUT2D eigenvalue weighted by molar-refractivity contribution is 4.84. The van der Waals surface area contributed by atoms with E-state index in [2.05, 4.69) is 5.32 Å². The molecule has 84 valence electrons. The summed E-state index contributed by atoms with van der Waals surface area (Å²) in [6, 6.07) is -0.182. The molecule has 3 unspecified atom stereocenters. The van der Waals surface area contributed by atoms with Crippen LogP contribution in [0.2, 0.25) is 0 Å². The number of hydrogen-bond donors (Lipinski definition) is 2. The van der Waals surface area contributed by atoms with Crippen LogP contribution in [0.5, 0.6) is 0 Å². The largest absolute Gasteiger partial charge is 0.390 e. The molecule has 0 aromatic heterocycles. The van der Waals surface area contributed by atoms with Crippen molar-refractivity contribution in [3.05, 3.63) is 0 Å². The van der Waals surface area contributed by atoms with Crippen molar-refractivity contribution in [2.45, 2.75) is 56.9 Å². The summed E-state index contributed by atoms with van der Waals surface area (Å²) in [5.74, 6) is 0. The fourth-order valence-corrected chi connectivity index (χ4v) is 1.98. The lowest BCUT2D eigenvalue weighted by Gasteiger charge is -2.20. The van der Waals surface area contributed by atoms with Gasteiger partial charge in [-0.1, -0.05) is 0 Å². The van der Waals surface area contributed by atoms with E-state index >= 15 is 0 Å². The third kappa shape index (κ3) is 4.28. The lowest BCUT2D eigenvalue weighted by atomic mass is 10.1. The summed E-state index contributed by atoms with van der Waals surface area (Å²) in [6.07, 6.45) is -2.24. The van der Waals surface area contributed by atoms with Gasteiger partial charge in [0.15, 0.2) is 0 Å². The lowest BCUT2D eigenvalue weighted by molar-refractivity contribution is -0.139. The standard InChI is InChI=1S/C9H17F3N2/c1-6(5-9(10,11)12)14-8-3-2-7(13)4-8/h6-8,14H,2-5,13H2,1H3. The Morgan fingerprint density at radius 2 is 2.07 bits per heavy atom. The molecule has 1 aliphatic rings. The Kier molecular flexibility index (Phi) is 3.78. The number of hydrogen-bond acceptors (Lipinski definition) is 2. The maximum Gasteiger partial charge on any atom is 0.390 e. The number of rotatable bonds is 3. The zero-order valence-electron chi connectivity index (χ0n) is 8.27. The zero-order valence-corrected chi connectivity index (χ0v) is 8.27. The van der Waals surface area contributed by atoms with E-state index in [1.54, 1.807) is 6.92 Å². The molecule has 0 heterocycles. The third-order valence-electron chi connectivity index (χ3n) is 2.53. The second kappa shape index (κ2) is 4.49. The van der Waals surface area contributed by atoms with Crippen molar-refractivity contribution in [1.82, 2.24) is 5.32 Å². The molecule has 1 aliphatic carbocycles. The van der Waals surface area contributed by atoms with Crippen molar-refractivity contribution < 1.29 is 13.2 Å². The fraction of sp³-hybridized carbons (Fsp3) is 1.00. The smallest absolute Gasteiger partial charge is 0.328 e. The van der Waals surface area contributed by atoms with E-state index in [0.29, 0.717) is 0 Å². The minimum absolute atomic E-state index is 0.158. The van der Waals surface area contributed by atoms with Crippen LogP contribution in [0.1, 0.15) is 32.6 Å². The molecule has 0 amide bonds. The quantitative estimate of drug-likeness (QED) is 0.745. The van der Waals surface area contributed by atoms with E-state index in [-0.39, 0.29) is 12.1 Å². The minimum Gasteiger partial charge on any atom is -0.328 e. The fourth-order valence-electron chi connectivity index (χ4n) is 1.98. The van der Waals surface area contributed by atoms with Crippen molar-refractivity contribution in [3.8, 4) is 0 Å². The van der Waals surface area contributed by atoms with E-state index < -0.39 is 18.6 Å². The van der Waals surface area contributed by atoms with Gasteiger partial charge in [0.2, 0.25) is 0 Å². The first-order valence-electron chi connectivity index (χ1n) is 4.95. The molecule has 3 N–H and O–H groups in total. The van der Waals surface area contributed by atoms with Crippen LogP contribution >= 0.6 is 0 Å². The van der Waals surface area contributed by atoms with Crippen LogP contribution in [-0.4, -0.2) is 24.3 Å². The number of halogens is 3. The highest BCUT2D eigenvalue weighted by Crippen LogP contribution is 2.23. The molecule has 3 atom stereocenters. The van der Waals surface area contributed by atoms with E-state index in [1.165, 1.54) is 0 Å². The molecule has 0 aromatic carbocycles.